The van der Waals surface area contributed by atoms with Crippen molar-refractivity contribution in [2.24, 2.45) is 5.73 Å². The minimum absolute atomic E-state index is 0.182. The summed E-state index contributed by atoms with van der Waals surface area (Å²) in [6, 6.07) is 17.0. The Morgan fingerprint density at radius 2 is 1.54 bits per heavy atom. The van der Waals surface area contributed by atoms with Crippen LogP contribution >= 0.6 is 0 Å². The molecule has 3 rings (SSSR count). The van der Waals surface area contributed by atoms with E-state index in [0.717, 1.165) is 11.3 Å². The predicted octanol–water partition coefficient (Wildman–Crippen LogP) is 2.55. The van der Waals surface area contributed by atoms with Crippen LogP contribution in [-0.4, -0.2) is 66.9 Å². The summed E-state index contributed by atoms with van der Waals surface area (Å²) >= 11 is 0. The van der Waals surface area contributed by atoms with Crippen LogP contribution in [0.1, 0.15) is 15.9 Å². The van der Waals surface area contributed by atoms with Gasteiger partial charge in [-0.05, 0) is 29.8 Å². The normalized spacial score (nSPS) is 10.5. The molecule has 0 aliphatic carbocycles. The molecule has 0 unspecified atom stereocenters. The molecule has 0 saturated carbocycles. The van der Waals surface area contributed by atoms with E-state index >= 15 is 0 Å². The Morgan fingerprint density at radius 3 is 2.24 bits per heavy atom. The molecule has 11 nitrogen and oxygen atoms in total. The fourth-order valence-electron chi connectivity index (χ4n) is 3.11. The molecule has 0 atom stereocenters. The fraction of sp³-hybridized carbons (Fsp3) is 0.308. The maximum atomic E-state index is 12.4. The lowest BCUT2D eigenvalue weighted by Gasteiger charge is -2.11. The summed E-state index contributed by atoms with van der Waals surface area (Å²) in [6.45, 7) is 7.55. The van der Waals surface area contributed by atoms with E-state index in [-0.39, 0.29) is 5.91 Å². The van der Waals surface area contributed by atoms with Crippen LogP contribution in [-0.2, 0) is 16.0 Å². The van der Waals surface area contributed by atoms with E-state index < -0.39 is 0 Å². The van der Waals surface area contributed by atoms with Crippen molar-refractivity contribution < 1.29 is 14.3 Å². The molecule has 0 spiro atoms. The number of carbonyl (C=O) groups is 1. The number of anilines is 4. The first kappa shape index (κ1) is 27.5. The van der Waals surface area contributed by atoms with Crippen LogP contribution < -0.4 is 27.0 Å². The van der Waals surface area contributed by atoms with Crippen LogP contribution in [0.5, 0.6) is 0 Å². The number of amides is 1. The summed E-state index contributed by atoms with van der Waals surface area (Å²) in [4.78, 5) is 25.7. The van der Waals surface area contributed by atoms with Crippen LogP contribution in [0.25, 0.3) is 0 Å². The van der Waals surface area contributed by atoms with Crippen LogP contribution in [0.2, 0.25) is 0 Å². The maximum Gasteiger partial charge on any atom is 0.251 e. The van der Waals surface area contributed by atoms with Crippen molar-refractivity contribution in [2.75, 3.05) is 62.0 Å². The van der Waals surface area contributed by atoms with Gasteiger partial charge in [0.25, 0.3) is 5.91 Å². The minimum atomic E-state index is -0.182. The Morgan fingerprint density at radius 1 is 0.865 bits per heavy atom. The standard InChI is InChI=1S/C26H34N8O3/c1-2-13-29-24-32-25(30-19-20-6-4-3-5-7-20)34-26(33-24)31-22-10-8-21(9-11-22)23(35)28-14-16-37-18-17-36-15-12-27/h2-11H,1,12-19,27H2,(H,28,35)(H3,29,30,31,32,33,34). The third-order valence-corrected chi connectivity index (χ3v) is 4.90. The number of nitrogens with two attached hydrogens (primary N) is 1. The molecular formula is C26H34N8O3. The lowest BCUT2D eigenvalue weighted by Crippen LogP contribution is -2.27. The van der Waals surface area contributed by atoms with E-state index in [4.69, 9.17) is 15.2 Å². The van der Waals surface area contributed by atoms with Crippen LogP contribution in [0.3, 0.4) is 0 Å². The summed E-state index contributed by atoms with van der Waals surface area (Å²) < 4.78 is 10.6. The van der Waals surface area contributed by atoms with E-state index in [1.807, 2.05) is 30.3 Å². The van der Waals surface area contributed by atoms with Crippen LogP contribution in [0.15, 0.2) is 67.3 Å². The first-order valence-electron chi connectivity index (χ1n) is 12.1. The number of aromatic nitrogens is 3. The maximum absolute atomic E-state index is 12.4. The summed E-state index contributed by atoms with van der Waals surface area (Å²) in [5.41, 5.74) is 7.72. The van der Waals surface area contributed by atoms with Crippen molar-refractivity contribution in [2.45, 2.75) is 6.54 Å². The Balaban J connectivity index is 1.53. The molecule has 0 aliphatic heterocycles. The van der Waals surface area contributed by atoms with Gasteiger partial charge in [0.2, 0.25) is 17.8 Å². The monoisotopic (exact) mass is 506 g/mol. The van der Waals surface area contributed by atoms with Crippen molar-refractivity contribution in [3.8, 4) is 0 Å². The lowest BCUT2D eigenvalue weighted by atomic mass is 10.2. The molecule has 1 aromatic heterocycles. The van der Waals surface area contributed by atoms with Gasteiger partial charge in [-0.25, -0.2) is 0 Å². The summed E-state index contributed by atoms with van der Waals surface area (Å²) in [5.74, 6) is 1.02. The zero-order valence-corrected chi connectivity index (χ0v) is 20.8. The molecular weight excluding hydrogens is 472 g/mol. The molecule has 2 aromatic carbocycles. The molecule has 37 heavy (non-hydrogen) atoms. The average Bonchev–Trinajstić information content (AvgIpc) is 2.93. The Labute approximate surface area is 216 Å². The molecule has 0 saturated heterocycles. The zero-order valence-electron chi connectivity index (χ0n) is 20.8. The van der Waals surface area contributed by atoms with Gasteiger partial charge >= 0.3 is 0 Å². The highest BCUT2D eigenvalue weighted by Gasteiger charge is 2.09. The summed E-state index contributed by atoms with van der Waals surface area (Å²) in [6.07, 6.45) is 1.72. The summed E-state index contributed by atoms with van der Waals surface area (Å²) in [7, 11) is 0. The molecule has 3 aromatic rings. The van der Waals surface area contributed by atoms with E-state index in [1.165, 1.54) is 0 Å². The first-order chi connectivity index (χ1) is 18.2. The minimum Gasteiger partial charge on any atom is -0.378 e. The SMILES string of the molecule is C=CCNc1nc(NCc2ccccc2)nc(Nc2ccc(C(=O)NCCOCCOCCN)cc2)n1. The predicted molar refractivity (Wildman–Crippen MR) is 145 cm³/mol. The largest absolute Gasteiger partial charge is 0.378 e. The third-order valence-electron chi connectivity index (χ3n) is 4.90. The number of rotatable bonds is 17. The molecule has 6 N–H and O–H groups in total. The number of benzene rings is 2. The Bertz CT molecular complexity index is 1100. The van der Waals surface area contributed by atoms with E-state index in [2.05, 4.69) is 42.8 Å². The molecule has 0 aliphatic rings. The molecule has 196 valence electrons. The number of nitrogens with zero attached hydrogens (tertiary/aromatic N) is 3. The van der Waals surface area contributed by atoms with Gasteiger partial charge in [-0.15, -0.1) is 6.58 Å². The second kappa shape index (κ2) is 15.8. The van der Waals surface area contributed by atoms with Crippen LogP contribution in [0.4, 0.5) is 23.5 Å². The highest BCUT2D eigenvalue weighted by Crippen LogP contribution is 2.17. The van der Waals surface area contributed by atoms with Gasteiger partial charge in [0.1, 0.15) is 0 Å². The van der Waals surface area contributed by atoms with Gasteiger partial charge in [-0.3, -0.25) is 4.79 Å². The van der Waals surface area contributed by atoms with Crippen molar-refractivity contribution in [1.82, 2.24) is 20.3 Å². The fourth-order valence-corrected chi connectivity index (χ4v) is 3.11. The quantitative estimate of drug-likeness (QED) is 0.137. The number of hydrogen-bond acceptors (Lipinski definition) is 10. The van der Waals surface area contributed by atoms with Crippen molar-refractivity contribution in [3.05, 3.63) is 78.4 Å². The summed E-state index contributed by atoms with van der Waals surface area (Å²) in [5, 5.41) is 12.3. The number of carbonyl (C=O) groups excluding carboxylic acids is 1. The second-order valence-electron chi connectivity index (χ2n) is 7.79. The number of nitrogens with one attached hydrogen (secondary N) is 4. The lowest BCUT2D eigenvalue weighted by molar-refractivity contribution is 0.0511. The number of hydrogen-bond donors (Lipinski definition) is 5. The van der Waals surface area contributed by atoms with E-state index in [1.54, 1.807) is 30.3 Å². The Kier molecular flexibility index (Phi) is 11.8. The molecule has 1 heterocycles. The van der Waals surface area contributed by atoms with Gasteiger partial charge in [0, 0.05) is 37.4 Å². The topological polar surface area (TPSA) is 148 Å². The van der Waals surface area contributed by atoms with Gasteiger partial charge in [-0.2, -0.15) is 15.0 Å². The second-order valence-corrected chi connectivity index (χ2v) is 7.79. The highest BCUT2D eigenvalue weighted by atomic mass is 16.5. The molecule has 0 radical (unpaired) electrons. The van der Waals surface area contributed by atoms with Gasteiger partial charge in [0.15, 0.2) is 0 Å². The van der Waals surface area contributed by atoms with Gasteiger partial charge < -0.3 is 36.5 Å². The molecule has 11 heteroatoms. The number of ether oxygens (including phenoxy) is 2. The first-order valence-corrected chi connectivity index (χ1v) is 12.1. The van der Waals surface area contributed by atoms with Crippen LogP contribution in [0, 0.1) is 0 Å². The van der Waals surface area contributed by atoms with Crippen molar-refractivity contribution >= 4 is 29.4 Å². The van der Waals surface area contributed by atoms with Crippen molar-refractivity contribution in [1.29, 1.82) is 0 Å². The van der Waals surface area contributed by atoms with Gasteiger partial charge in [0.05, 0.1) is 26.4 Å². The third kappa shape index (κ3) is 10.2. The van der Waals surface area contributed by atoms with E-state index in [9.17, 15) is 4.79 Å². The zero-order chi connectivity index (χ0) is 26.1. The molecule has 0 bridgehead atoms. The molecule has 0 fully saturated rings. The highest BCUT2D eigenvalue weighted by molar-refractivity contribution is 5.94. The van der Waals surface area contributed by atoms with E-state index in [0.29, 0.717) is 76.0 Å². The average molecular weight is 507 g/mol. The smallest absolute Gasteiger partial charge is 0.251 e. The molecule has 1 amide bonds. The van der Waals surface area contributed by atoms with Gasteiger partial charge in [-0.1, -0.05) is 36.4 Å². The Hall–Kier alpha value is -4.06. The van der Waals surface area contributed by atoms with Crippen molar-refractivity contribution in [3.63, 3.8) is 0 Å².